The van der Waals surface area contributed by atoms with Crippen LogP contribution in [0.1, 0.15) is 6.92 Å². The number of rotatable bonds is 5. The van der Waals surface area contributed by atoms with E-state index in [-0.39, 0.29) is 0 Å². The van der Waals surface area contributed by atoms with E-state index >= 15 is 0 Å². The zero-order chi connectivity index (χ0) is 9.68. The molecule has 3 heteroatoms. The van der Waals surface area contributed by atoms with E-state index in [1.54, 1.807) is 7.11 Å². The molecule has 78 valence electrons. The molecule has 1 saturated heterocycles. The molecule has 0 aromatic carbocycles. The van der Waals surface area contributed by atoms with Crippen LogP contribution in [0.15, 0.2) is 0 Å². The van der Waals surface area contributed by atoms with Crippen molar-refractivity contribution in [1.29, 1.82) is 0 Å². The van der Waals surface area contributed by atoms with Crippen LogP contribution in [-0.4, -0.2) is 51.8 Å². The second-order valence-corrected chi connectivity index (χ2v) is 4.15. The molecule has 1 N–H and O–H groups in total. The van der Waals surface area contributed by atoms with E-state index in [1.807, 2.05) is 0 Å². The predicted octanol–water partition coefficient (Wildman–Crippen LogP) is 0.420. The number of methoxy groups -OCH3 is 1. The summed E-state index contributed by atoms with van der Waals surface area (Å²) in [6.07, 6.45) is 0. The molecular formula is C10H22N2O. The summed E-state index contributed by atoms with van der Waals surface area (Å²) >= 11 is 0. The summed E-state index contributed by atoms with van der Waals surface area (Å²) in [4.78, 5) is 2.36. The van der Waals surface area contributed by atoms with Crippen LogP contribution in [0.25, 0.3) is 0 Å². The number of nitrogens with one attached hydrogen (secondary N) is 1. The van der Waals surface area contributed by atoms with Crippen LogP contribution < -0.4 is 5.32 Å². The highest BCUT2D eigenvalue weighted by Crippen LogP contribution is 2.16. The second-order valence-electron chi connectivity index (χ2n) is 4.15. The standard InChI is InChI=1S/C10H22N2O/c1-9-6-11-7-10(9)8-12(2)4-5-13-3/h9-11H,4-8H2,1-3H3/t9-,10+/m1/s1. The lowest BCUT2D eigenvalue weighted by molar-refractivity contribution is 0.149. The van der Waals surface area contributed by atoms with Crippen molar-refractivity contribution in [3.63, 3.8) is 0 Å². The minimum absolute atomic E-state index is 0.821. The van der Waals surface area contributed by atoms with Crippen molar-refractivity contribution in [3.05, 3.63) is 0 Å². The monoisotopic (exact) mass is 186 g/mol. The van der Waals surface area contributed by atoms with Gasteiger partial charge in [-0.2, -0.15) is 0 Å². The summed E-state index contributed by atoms with van der Waals surface area (Å²) in [5.74, 6) is 1.65. The first-order chi connectivity index (χ1) is 6.24. The Hall–Kier alpha value is -0.120. The largest absolute Gasteiger partial charge is 0.383 e. The van der Waals surface area contributed by atoms with Gasteiger partial charge in [-0.05, 0) is 32.0 Å². The summed E-state index contributed by atoms with van der Waals surface area (Å²) in [5.41, 5.74) is 0. The molecule has 0 aliphatic carbocycles. The fraction of sp³-hybridized carbons (Fsp3) is 1.00. The molecule has 0 radical (unpaired) electrons. The molecule has 1 aliphatic heterocycles. The summed E-state index contributed by atoms with van der Waals surface area (Å²) < 4.78 is 5.05. The number of ether oxygens (including phenoxy) is 1. The van der Waals surface area contributed by atoms with Crippen LogP contribution in [0.3, 0.4) is 0 Å². The van der Waals surface area contributed by atoms with Crippen molar-refractivity contribution < 1.29 is 4.74 Å². The zero-order valence-electron chi connectivity index (χ0n) is 9.05. The molecular weight excluding hydrogens is 164 g/mol. The van der Waals surface area contributed by atoms with Crippen molar-refractivity contribution in [2.24, 2.45) is 11.8 Å². The van der Waals surface area contributed by atoms with Gasteiger partial charge in [0.25, 0.3) is 0 Å². The van der Waals surface area contributed by atoms with Crippen LogP contribution in [-0.2, 0) is 4.74 Å². The van der Waals surface area contributed by atoms with Crippen molar-refractivity contribution in [2.75, 3.05) is 46.9 Å². The van der Waals surface area contributed by atoms with Gasteiger partial charge in [0.1, 0.15) is 0 Å². The molecule has 0 amide bonds. The fourth-order valence-corrected chi connectivity index (χ4v) is 1.85. The van der Waals surface area contributed by atoms with Crippen molar-refractivity contribution in [2.45, 2.75) is 6.92 Å². The minimum atomic E-state index is 0.821. The van der Waals surface area contributed by atoms with Gasteiger partial charge in [-0.25, -0.2) is 0 Å². The van der Waals surface area contributed by atoms with Gasteiger partial charge in [0, 0.05) is 20.2 Å². The summed E-state index contributed by atoms with van der Waals surface area (Å²) in [5, 5.41) is 3.43. The van der Waals surface area contributed by atoms with Gasteiger partial charge in [-0.15, -0.1) is 0 Å². The molecule has 0 unspecified atom stereocenters. The summed E-state index contributed by atoms with van der Waals surface area (Å²) in [6.45, 7) is 7.76. The van der Waals surface area contributed by atoms with E-state index < -0.39 is 0 Å². The molecule has 1 fully saturated rings. The Morgan fingerprint density at radius 1 is 1.46 bits per heavy atom. The lowest BCUT2D eigenvalue weighted by atomic mass is 9.98. The van der Waals surface area contributed by atoms with E-state index in [1.165, 1.54) is 19.6 Å². The number of hydrogen-bond acceptors (Lipinski definition) is 3. The van der Waals surface area contributed by atoms with Gasteiger partial charge < -0.3 is 15.0 Å². The maximum atomic E-state index is 5.05. The van der Waals surface area contributed by atoms with E-state index in [0.29, 0.717) is 0 Å². The molecule has 2 atom stereocenters. The molecule has 0 bridgehead atoms. The third kappa shape index (κ3) is 3.63. The SMILES string of the molecule is COCCN(C)C[C@@H]1CNC[C@H]1C. The predicted molar refractivity (Wildman–Crippen MR) is 54.9 cm³/mol. The Labute approximate surface area is 81.4 Å². The Kier molecular flexibility index (Phi) is 4.70. The topological polar surface area (TPSA) is 24.5 Å². The Balaban J connectivity index is 2.15. The summed E-state index contributed by atoms with van der Waals surface area (Å²) in [7, 11) is 3.93. The highest BCUT2D eigenvalue weighted by atomic mass is 16.5. The number of likely N-dealkylation sites (N-methyl/N-ethyl adjacent to an activating group) is 1. The van der Waals surface area contributed by atoms with Crippen molar-refractivity contribution >= 4 is 0 Å². The molecule has 0 aromatic rings. The van der Waals surface area contributed by atoms with E-state index in [4.69, 9.17) is 4.74 Å². The lowest BCUT2D eigenvalue weighted by Gasteiger charge is -2.22. The summed E-state index contributed by atoms with van der Waals surface area (Å²) in [6, 6.07) is 0. The third-order valence-electron chi connectivity index (χ3n) is 2.90. The molecule has 0 spiro atoms. The maximum absolute atomic E-state index is 5.05. The minimum Gasteiger partial charge on any atom is -0.383 e. The first-order valence-corrected chi connectivity index (χ1v) is 5.12. The number of nitrogens with zero attached hydrogens (tertiary/aromatic N) is 1. The smallest absolute Gasteiger partial charge is 0.0589 e. The van der Waals surface area contributed by atoms with E-state index in [9.17, 15) is 0 Å². The number of hydrogen-bond donors (Lipinski definition) is 1. The molecule has 1 heterocycles. The van der Waals surface area contributed by atoms with Crippen LogP contribution in [0, 0.1) is 11.8 Å². The normalized spacial score (nSPS) is 28.6. The van der Waals surface area contributed by atoms with Gasteiger partial charge in [0.15, 0.2) is 0 Å². The molecule has 13 heavy (non-hydrogen) atoms. The highest BCUT2D eigenvalue weighted by Gasteiger charge is 2.23. The fourth-order valence-electron chi connectivity index (χ4n) is 1.85. The lowest BCUT2D eigenvalue weighted by Crippen LogP contribution is -2.31. The van der Waals surface area contributed by atoms with Crippen molar-refractivity contribution in [1.82, 2.24) is 10.2 Å². The van der Waals surface area contributed by atoms with E-state index in [0.717, 1.165) is 25.0 Å². The van der Waals surface area contributed by atoms with E-state index in [2.05, 4.69) is 24.2 Å². The first kappa shape index (κ1) is 11.0. The van der Waals surface area contributed by atoms with Gasteiger partial charge >= 0.3 is 0 Å². The highest BCUT2D eigenvalue weighted by molar-refractivity contribution is 4.79. The Morgan fingerprint density at radius 3 is 2.77 bits per heavy atom. The van der Waals surface area contributed by atoms with Gasteiger partial charge in [-0.3, -0.25) is 0 Å². The quantitative estimate of drug-likeness (QED) is 0.673. The first-order valence-electron chi connectivity index (χ1n) is 5.12. The van der Waals surface area contributed by atoms with Crippen LogP contribution in [0.2, 0.25) is 0 Å². The van der Waals surface area contributed by atoms with Gasteiger partial charge in [-0.1, -0.05) is 6.92 Å². The van der Waals surface area contributed by atoms with Crippen LogP contribution >= 0.6 is 0 Å². The Bertz CT molecular complexity index is 141. The van der Waals surface area contributed by atoms with Gasteiger partial charge in [0.2, 0.25) is 0 Å². The average molecular weight is 186 g/mol. The average Bonchev–Trinajstić information content (AvgIpc) is 2.48. The van der Waals surface area contributed by atoms with Gasteiger partial charge in [0.05, 0.1) is 6.61 Å². The molecule has 0 aromatic heterocycles. The molecule has 1 rings (SSSR count). The third-order valence-corrected chi connectivity index (χ3v) is 2.90. The van der Waals surface area contributed by atoms with Crippen molar-refractivity contribution in [3.8, 4) is 0 Å². The maximum Gasteiger partial charge on any atom is 0.0589 e. The Morgan fingerprint density at radius 2 is 2.23 bits per heavy atom. The van der Waals surface area contributed by atoms with Crippen LogP contribution in [0.5, 0.6) is 0 Å². The second kappa shape index (κ2) is 5.58. The molecule has 3 nitrogen and oxygen atoms in total. The molecule has 1 aliphatic rings. The zero-order valence-corrected chi connectivity index (χ0v) is 9.05. The molecule has 0 saturated carbocycles. The van der Waals surface area contributed by atoms with Crippen LogP contribution in [0.4, 0.5) is 0 Å².